The zero-order valence-electron chi connectivity index (χ0n) is 11.5. The van der Waals surface area contributed by atoms with E-state index in [1.807, 2.05) is 0 Å². The van der Waals surface area contributed by atoms with E-state index in [1.54, 1.807) is 6.92 Å². The summed E-state index contributed by atoms with van der Waals surface area (Å²) < 4.78 is 40.7. The molecule has 23 heavy (non-hydrogen) atoms. The highest BCUT2D eigenvalue weighted by Gasteiger charge is 2.35. The summed E-state index contributed by atoms with van der Waals surface area (Å²) >= 11 is 15.8. The Kier molecular flexibility index (Phi) is 5.61. The number of thiophene rings is 1. The molecule has 1 heterocycles. The van der Waals surface area contributed by atoms with Gasteiger partial charge in [0, 0.05) is 10.0 Å². The second kappa shape index (κ2) is 6.97. The van der Waals surface area contributed by atoms with Crippen LogP contribution in [0.5, 0.6) is 0 Å². The van der Waals surface area contributed by atoms with Gasteiger partial charge in [0.1, 0.15) is 0 Å². The maximum Gasteiger partial charge on any atom is 0.417 e. The average Bonchev–Trinajstić information content (AvgIpc) is 2.73. The Bertz CT molecular complexity index is 757. The summed E-state index contributed by atoms with van der Waals surface area (Å²) in [5.41, 5.74) is -0.559. The van der Waals surface area contributed by atoms with E-state index in [9.17, 15) is 18.0 Å². The zero-order chi connectivity index (χ0) is 17.4. The van der Waals surface area contributed by atoms with Crippen molar-refractivity contribution in [3.8, 4) is 0 Å². The van der Waals surface area contributed by atoms with Gasteiger partial charge in [0.15, 0.2) is 5.78 Å². The maximum absolute atomic E-state index is 13.3. The first-order valence-electron chi connectivity index (χ1n) is 6.13. The molecule has 0 aliphatic carbocycles. The second-order valence-corrected chi connectivity index (χ2v) is 7.89. The van der Waals surface area contributed by atoms with Crippen LogP contribution in [0, 0.1) is 6.92 Å². The van der Waals surface area contributed by atoms with Crippen molar-refractivity contribution in [1.82, 2.24) is 0 Å². The molecule has 1 aromatic heterocycles. The number of halogens is 6. The maximum atomic E-state index is 13.3. The average molecular weight is 444 g/mol. The number of hydrogen-bond acceptors (Lipinski definition) is 2. The molecule has 0 spiro atoms. The van der Waals surface area contributed by atoms with E-state index in [4.69, 9.17) is 23.2 Å². The normalized spacial score (nSPS) is 12.6. The van der Waals surface area contributed by atoms with Crippen molar-refractivity contribution in [2.45, 2.75) is 13.1 Å². The van der Waals surface area contributed by atoms with E-state index in [1.165, 1.54) is 12.1 Å². The molecule has 0 amide bonds. The molecule has 0 aliphatic rings. The number of aryl methyl sites for hydroxylation is 1. The monoisotopic (exact) mass is 442 g/mol. The molecule has 2 rings (SSSR count). The molecule has 2 aromatic rings. The van der Waals surface area contributed by atoms with Crippen molar-refractivity contribution in [2.75, 3.05) is 0 Å². The standard InChI is InChI=1S/C15H8BrCl2F3OS/c1-7-2-13(23-14(7)16)12(22)6-11(15(19,20)21)8-3-9(17)5-10(18)4-8/h2-6H,1H3/b11-6+. The van der Waals surface area contributed by atoms with Crippen LogP contribution < -0.4 is 0 Å². The lowest BCUT2D eigenvalue weighted by molar-refractivity contribution is -0.0689. The van der Waals surface area contributed by atoms with Gasteiger partial charge in [0.25, 0.3) is 0 Å². The molecule has 1 nitrogen and oxygen atoms in total. The minimum atomic E-state index is -4.72. The predicted molar refractivity (Wildman–Crippen MR) is 91.6 cm³/mol. The zero-order valence-corrected chi connectivity index (χ0v) is 15.4. The van der Waals surface area contributed by atoms with Crippen LogP contribution in [0.15, 0.2) is 34.1 Å². The minimum Gasteiger partial charge on any atom is -0.288 e. The molecule has 0 saturated carbocycles. The highest BCUT2D eigenvalue weighted by atomic mass is 79.9. The Labute approximate surface area is 152 Å². The number of allylic oxidation sites excluding steroid dienone is 2. The molecule has 0 bridgehead atoms. The van der Waals surface area contributed by atoms with E-state index < -0.39 is 17.5 Å². The fourth-order valence-corrected chi connectivity index (χ4v) is 3.79. The van der Waals surface area contributed by atoms with E-state index >= 15 is 0 Å². The summed E-state index contributed by atoms with van der Waals surface area (Å²) in [5, 5.41) is 0.120. The molecule has 0 saturated heterocycles. The molecular weight excluding hydrogens is 436 g/mol. The lowest BCUT2D eigenvalue weighted by Crippen LogP contribution is -2.12. The van der Waals surface area contributed by atoms with Crippen LogP contribution in [0.3, 0.4) is 0 Å². The fraction of sp³-hybridized carbons (Fsp3) is 0.133. The number of ketones is 1. The van der Waals surface area contributed by atoms with Crippen LogP contribution in [-0.2, 0) is 0 Å². The molecular formula is C15H8BrCl2F3OS. The Morgan fingerprint density at radius 1 is 1.17 bits per heavy atom. The lowest BCUT2D eigenvalue weighted by Gasteiger charge is -2.12. The molecule has 0 unspecified atom stereocenters. The largest absolute Gasteiger partial charge is 0.417 e. The SMILES string of the molecule is Cc1cc(C(=O)/C=C(\c2cc(Cl)cc(Cl)c2)C(F)(F)F)sc1Br. The fourth-order valence-electron chi connectivity index (χ4n) is 1.82. The first-order chi connectivity index (χ1) is 10.6. The third kappa shape index (κ3) is 4.59. The van der Waals surface area contributed by atoms with Gasteiger partial charge in [0.2, 0.25) is 0 Å². The van der Waals surface area contributed by atoms with Gasteiger partial charge in [-0.05, 0) is 64.3 Å². The smallest absolute Gasteiger partial charge is 0.288 e. The van der Waals surface area contributed by atoms with Crippen molar-refractivity contribution < 1.29 is 18.0 Å². The number of alkyl halides is 3. The van der Waals surface area contributed by atoms with Gasteiger partial charge in [-0.15, -0.1) is 11.3 Å². The Morgan fingerprint density at radius 3 is 2.17 bits per heavy atom. The number of carbonyl (C=O) groups is 1. The van der Waals surface area contributed by atoms with Crippen LogP contribution in [0.2, 0.25) is 10.0 Å². The Hall–Kier alpha value is -0.820. The summed E-state index contributed by atoms with van der Waals surface area (Å²) in [6.07, 6.45) is -4.15. The highest BCUT2D eigenvalue weighted by molar-refractivity contribution is 9.11. The number of rotatable bonds is 3. The van der Waals surface area contributed by atoms with Crippen molar-refractivity contribution in [2.24, 2.45) is 0 Å². The first-order valence-corrected chi connectivity index (χ1v) is 8.50. The Morgan fingerprint density at radius 2 is 1.74 bits per heavy atom. The van der Waals surface area contributed by atoms with Crippen LogP contribution in [0.4, 0.5) is 13.2 Å². The molecule has 0 radical (unpaired) electrons. The van der Waals surface area contributed by atoms with Gasteiger partial charge in [-0.1, -0.05) is 23.2 Å². The topological polar surface area (TPSA) is 17.1 Å². The Balaban J connectivity index is 2.52. The number of hydrogen-bond donors (Lipinski definition) is 0. The van der Waals surface area contributed by atoms with E-state index in [2.05, 4.69) is 15.9 Å². The van der Waals surface area contributed by atoms with Gasteiger partial charge >= 0.3 is 6.18 Å². The molecule has 122 valence electrons. The summed E-state index contributed by atoms with van der Waals surface area (Å²) in [6, 6.07) is 5.10. The molecule has 0 atom stereocenters. The molecule has 0 fully saturated rings. The number of benzene rings is 1. The number of carbonyl (C=O) groups excluding carboxylic acids is 1. The summed E-state index contributed by atoms with van der Waals surface area (Å²) in [7, 11) is 0. The molecule has 0 aliphatic heterocycles. The van der Waals surface area contributed by atoms with E-state index in [0.717, 1.165) is 29.0 Å². The summed E-state index contributed by atoms with van der Waals surface area (Å²) in [6.45, 7) is 1.75. The van der Waals surface area contributed by atoms with Gasteiger partial charge < -0.3 is 0 Å². The first kappa shape index (κ1) is 18.5. The van der Waals surface area contributed by atoms with Crippen molar-refractivity contribution in [1.29, 1.82) is 0 Å². The molecule has 0 N–H and O–H groups in total. The third-order valence-corrected chi connectivity index (χ3v) is 5.44. The highest BCUT2D eigenvalue weighted by Crippen LogP contribution is 2.37. The van der Waals surface area contributed by atoms with E-state index in [-0.39, 0.29) is 20.5 Å². The van der Waals surface area contributed by atoms with Crippen LogP contribution in [0.1, 0.15) is 20.8 Å². The van der Waals surface area contributed by atoms with Gasteiger partial charge in [-0.3, -0.25) is 4.79 Å². The molecule has 1 aromatic carbocycles. The predicted octanol–water partition coefficient (Wildman–Crippen LogP) is 6.95. The van der Waals surface area contributed by atoms with Gasteiger partial charge in [-0.25, -0.2) is 0 Å². The van der Waals surface area contributed by atoms with E-state index in [0.29, 0.717) is 9.86 Å². The quantitative estimate of drug-likeness (QED) is 0.370. The van der Waals surface area contributed by atoms with Crippen LogP contribution in [-0.4, -0.2) is 12.0 Å². The third-order valence-electron chi connectivity index (χ3n) is 2.85. The van der Waals surface area contributed by atoms with Gasteiger partial charge in [-0.2, -0.15) is 13.2 Å². The minimum absolute atomic E-state index is 0.0600. The summed E-state index contributed by atoms with van der Waals surface area (Å²) in [4.78, 5) is 12.4. The van der Waals surface area contributed by atoms with Crippen molar-refractivity contribution in [3.05, 3.63) is 60.2 Å². The van der Waals surface area contributed by atoms with Crippen molar-refractivity contribution >= 4 is 61.8 Å². The van der Waals surface area contributed by atoms with Gasteiger partial charge in [0.05, 0.1) is 14.2 Å². The summed E-state index contributed by atoms with van der Waals surface area (Å²) in [5.74, 6) is -0.729. The van der Waals surface area contributed by atoms with Crippen LogP contribution >= 0.6 is 50.5 Å². The second-order valence-electron chi connectivity index (χ2n) is 4.65. The molecule has 8 heteroatoms. The van der Waals surface area contributed by atoms with Crippen LogP contribution in [0.25, 0.3) is 5.57 Å². The van der Waals surface area contributed by atoms with Crippen molar-refractivity contribution in [3.63, 3.8) is 0 Å². The lowest BCUT2D eigenvalue weighted by atomic mass is 10.0.